The van der Waals surface area contributed by atoms with Crippen molar-refractivity contribution in [1.29, 1.82) is 0 Å². The number of Topliss-reactive ketones (excluding diaryl/α,β-unsaturated/α-hetero) is 1. The normalized spacial score (nSPS) is 20.7. The van der Waals surface area contributed by atoms with Crippen molar-refractivity contribution in [1.82, 2.24) is 0 Å². The van der Waals surface area contributed by atoms with Gasteiger partial charge in [-0.2, -0.15) is 0 Å². The van der Waals surface area contributed by atoms with Gasteiger partial charge in [-0.3, -0.25) is 4.79 Å². The fourth-order valence-corrected chi connectivity index (χ4v) is 2.20. The van der Waals surface area contributed by atoms with Crippen LogP contribution in [0.4, 0.5) is 5.69 Å². The molecule has 1 aliphatic heterocycles. The Labute approximate surface area is 90.9 Å². The first kappa shape index (κ1) is 10.2. The van der Waals surface area contributed by atoms with Gasteiger partial charge in [-0.05, 0) is 31.4 Å². The summed E-state index contributed by atoms with van der Waals surface area (Å²) in [6.45, 7) is 6.05. The molecule has 0 aliphatic carbocycles. The number of carbonyl (C=O) groups is 1. The van der Waals surface area contributed by atoms with Crippen LogP contribution in [0.3, 0.4) is 0 Å². The molecule has 1 heterocycles. The van der Waals surface area contributed by atoms with E-state index in [0.29, 0.717) is 0 Å². The highest BCUT2D eigenvalue weighted by Crippen LogP contribution is 2.26. The van der Waals surface area contributed by atoms with Gasteiger partial charge in [0, 0.05) is 24.3 Å². The molecule has 0 spiro atoms. The molecule has 0 saturated carbocycles. The highest BCUT2D eigenvalue weighted by Gasteiger charge is 2.21. The van der Waals surface area contributed by atoms with E-state index in [0.717, 1.165) is 30.3 Å². The topological polar surface area (TPSA) is 20.3 Å². The summed E-state index contributed by atoms with van der Waals surface area (Å²) in [6, 6.07) is 7.90. The molecule has 1 aromatic rings. The summed E-state index contributed by atoms with van der Waals surface area (Å²) in [5.41, 5.74) is 1.96. The maximum absolute atomic E-state index is 11.5. The standard InChI is InChI=1S/C13H17NO/c1-10-7-8-14(9-10)13-6-4-3-5-12(13)11(2)15/h3-6,10H,7-9H2,1-2H3. The average Bonchev–Trinajstić information content (AvgIpc) is 2.65. The number of benzene rings is 1. The number of carbonyl (C=O) groups excluding carboxylic acids is 1. The monoisotopic (exact) mass is 203 g/mol. The van der Waals surface area contributed by atoms with Crippen LogP contribution in [0.1, 0.15) is 30.6 Å². The van der Waals surface area contributed by atoms with E-state index in [4.69, 9.17) is 0 Å². The van der Waals surface area contributed by atoms with Crippen molar-refractivity contribution in [3.05, 3.63) is 29.8 Å². The summed E-state index contributed by atoms with van der Waals surface area (Å²) < 4.78 is 0. The van der Waals surface area contributed by atoms with E-state index in [1.807, 2.05) is 18.2 Å². The summed E-state index contributed by atoms with van der Waals surface area (Å²) in [5, 5.41) is 0. The molecule has 0 bridgehead atoms. The zero-order chi connectivity index (χ0) is 10.8. The second-order valence-corrected chi connectivity index (χ2v) is 4.41. The van der Waals surface area contributed by atoms with Gasteiger partial charge in [0.15, 0.2) is 5.78 Å². The first-order chi connectivity index (χ1) is 7.18. The Balaban J connectivity index is 2.31. The summed E-state index contributed by atoms with van der Waals surface area (Å²) in [6.07, 6.45) is 1.23. The van der Waals surface area contributed by atoms with Crippen LogP contribution in [-0.2, 0) is 0 Å². The van der Waals surface area contributed by atoms with Gasteiger partial charge in [-0.15, -0.1) is 0 Å². The summed E-state index contributed by atoms with van der Waals surface area (Å²) in [4.78, 5) is 13.8. The van der Waals surface area contributed by atoms with Gasteiger partial charge < -0.3 is 4.90 Å². The van der Waals surface area contributed by atoms with E-state index in [1.165, 1.54) is 6.42 Å². The van der Waals surface area contributed by atoms with Crippen LogP contribution in [0.2, 0.25) is 0 Å². The van der Waals surface area contributed by atoms with Crippen molar-refractivity contribution < 1.29 is 4.79 Å². The van der Waals surface area contributed by atoms with Crippen molar-refractivity contribution in [2.45, 2.75) is 20.3 Å². The predicted molar refractivity (Wildman–Crippen MR) is 62.4 cm³/mol. The van der Waals surface area contributed by atoms with Crippen molar-refractivity contribution in [2.24, 2.45) is 5.92 Å². The zero-order valence-electron chi connectivity index (χ0n) is 9.36. The molecule has 80 valence electrons. The van der Waals surface area contributed by atoms with E-state index in [2.05, 4.69) is 17.9 Å². The highest BCUT2D eigenvalue weighted by molar-refractivity contribution is 5.99. The van der Waals surface area contributed by atoms with Crippen LogP contribution in [-0.4, -0.2) is 18.9 Å². The largest absolute Gasteiger partial charge is 0.371 e. The van der Waals surface area contributed by atoms with Crippen molar-refractivity contribution in [2.75, 3.05) is 18.0 Å². The number of hydrogen-bond acceptors (Lipinski definition) is 2. The SMILES string of the molecule is CC(=O)c1ccccc1N1CCC(C)C1. The molecule has 2 heteroatoms. The lowest BCUT2D eigenvalue weighted by Crippen LogP contribution is -2.21. The highest BCUT2D eigenvalue weighted by atomic mass is 16.1. The molecule has 1 aromatic carbocycles. The molecular formula is C13H17NO. The van der Waals surface area contributed by atoms with Gasteiger partial charge in [0.1, 0.15) is 0 Å². The van der Waals surface area contributed by atoms with Gasteiger partial charge in [-0.1, -0.05) is 19.1 Å². The molecule has 1 aliphatic rings. The van der Waals surface area contributed by atoms with Crippen LogP contribution in [0, 0.1) is 5.92 Å². The molecule has 2 nitrogen and oxygen atoms in total. The maximum atomic E-state index is 11.5. The predicted octanol–water partition coefficient (Wildman–Crippen LogP) is 2.74. The fraction of sp³-hybridized carbons (Fsp3) is 0.462. The quantitative estimate of drug-likeness (QED) is 0.689. The number of nitrogens with zero attached hydrogens (tertiary/aromatic N) is 1. The van der Waals surface area contributed by atoms with E-state index in [1.54, 1.807) is 6.92 Å². The number of anilines is 1. The minimum Gasteiger partial charge on any atom is -0.371 e. The van der Waals surface area contributed by atoms with Gasteiger partial charge >= 0.3 is 0 Å². The molecule has 1 fully saturated rings. The fourth-order valence-electron chi connectivity index (χ4n) is 2.20. The Kier molecular flexibility index (Phi) is 2.76. The molecule has 1 atom stereocenters. The smallest absolute Gasteiger partial charge is 0.161 e. The molecule has 2 rings (SSSR count). The van der Waals surface area contributed by atoms with Gasteiger partial charge in [-0.25, -0.2) is 0 Å². The molecule has 0 amide bonds. The third kappa shape index (κ3) is 2.04. The van der Waals surface area contributed by atoms with E-state index in [-0.39, 0.29) is 5.78 Å². The van der Waals surface area contributed by atoms with Crippen LogP contribution < -0.4 is 4.90 Å². The van der Waals surface area contributed by atoms with Crippen LogP contribution in [0.15, 0.2) is 24.3 Å². The lowest BCUT2D eigenvalue weighted by molar-refractivity contribution is 0.101. The number of para-hydroxylation sites is 1. The van der Waals surface area contributed by atoms with Crippen molar-refractivity contribution in [3.8, 4) is 0 Å². The molecular weight excluding hydrogens is 186 g/mol. The summed E-state index contributed by atoms with van der Waals surface area (Å²) >= 11 is 0. The second kappa shape index (κ2) is 4.05. The summed E-state index contributed by atoms with van der Waals surface area (Å²) in [5.74, 6) is 0.898. The van der Waals surface area contributed by atoms with E-state index in [9.17, 15) is 4.79 Å². The summed E-state index contributed by atoms with van der Waals surface area (Å²) in [7, 11) is 0. The first-order valence-electron chi connectivity index (χ1n) is 5.53. The van der Waals surface area contributed by atoms with Gasteiger partial charge in [0.2, 0.25) is 0 Å². The Hall–Kier alpha value is -1.31. The van der Waals surface area contributed by atoms with Crippen LogP contribution >= 0.6 is 0 Å². The minimum atomic E-state index is 0.158. The Morgan fingerprint density at radius 1 is 1.40 bits per heavy atom. The van der Waals surface area contributed by atoms with E-state index < -0.39 is 0 Å². The average molecular weight is 203 g/mol. The lowest BCUT2D eigenvalue weighted by atomic mass is 10.1. The Morgan fingerprint density at radius 2 is 2.13 bits per heavy atom. The molecule has 0 radical (unpaired) electrons. The van der Waals surface area contributed by atoms with Crippen molar-refractivity contribution >= 4 is 11.5 Å². The minimum absolute atomic E-state index is 0.158. The number of ketones is 1. The van der Waals surface area contributed by atoms with E-state index >= 15 is 0 Å². The van der Waals surface area contributed by atoms with Crippen LogP contribution in [0.25, 0.3) is 0 Å². The molecule has 0 aromatic heterocycles. The van der Waals surface area contributed by atoms with Gasteiger partial charge in [0.25, 0.3) is 0 Å². The first-order valence-corrected chi connectivity index (χ1v) is 5.53. The molecule has 15 heavy (non-hydrogen) atoms. The second-order valence-electron chi connectivity index (χ2n) is 4.41. The van der Waals surface area contributed by atoms with Crippen LogP contribution in [0.5, 0.6) is 0 Å². The Bertz CT molecular complexity index is 373. The zero-order valence-corrected chi connectivity index (χ0v) is 9.36. The number of hydrogen-bond donors (Lipinski definition) is 0. The number of rotatable bonds is 2. The van der Waals surface area contributed by atoms with Crippen molar-refractivity contribution in [3.63, 3.8) is 0 Å². The third-order valence-corrected chi connectivity index (χ3v) is 3.05. The molecule has 1 saturated heterocycles. The lowest BCUT2D eigenvalue weighted by Gasteiger charge is -2.20. The Morgan fingerprint density at radius 3 is 2.73 bits per heavy atom. The molecule has 0 N–H and O–H groups in total. The molecule has 1 unspecified atom stereocenters. The third-order valence-electron chi connectivity index (χ3n) is 3.05. The maximum Gasteiger partial charge on any atom is 0.161 e. The van der Waals surface area contributed by atoms with Gasteiger partial charge in [0.05, 0.1) is 0 Å².